The van der Waals surface area contributed by atoms with Crippen LogP contribution in [0.5, 0.6) is 0 Å². The van der Waals surface area contributed by atoms with E-state index in [0.717, 1.165) is 6.42 Å². The van der Waals surface area contributed by atoms with Gasteiger partial charge in [0.15, 0.2) is 0 Å². The van der Waals surface area contributed by atoms with E-state index < -0.39 is 0 Å². The molecule has 2 aliphatic heterocycles. The standard InChI is InChI=1S/C15H18N2O4/c1-10-7-17(8-15(21-10)3-4-19-9-15)14(18)13-5-12(6-16)20-11(13)2/h5,10H,3-4,7-9H2,1-2H3. The first kappa shape index (κ1) is 14.1. The largest absolute Gasteiger partial charge is 0.450 e. The quantitative estimate of drug-likeness (QED) is 0.783. The van der Waals surface area contributed by atoms with E-state index in [1.165, 1.54) is 6.07 Å². The van der Waals surface area contributed by atoms with Crippen molar-refractivity contribution in [3.63, 3.8) is 0 Å². The minimum Gasteiger partial charge on any atom is -0.450 e. The van der Waals surface area contributed by atoms with Crippen LogP contribution >= 0.6 is 0 Å². The van der Waals surface area contributed by atoms with Gasteiger partial charge in [-0.25, -0.2) is 0 Å². The summed E-state index contributed by atoms with van der Waals surface area (Å²) in [5.74, 6) is 0.530. The van der Waals surface area contributed by atoms with Crippen LogP contribution < -0.4 is 0 Å². The Hall–Kier alpha value is -1.84. The highest BCUT2D eigenvalue weighted by molar-refractivity contribution is 5.95. The van der Waals surface area contributed by atoms with Crippen molar-refractivity contribution in [1.29, 1.82) is 5.26 Å². The van der Waals surface area contributed by atoms with Crippen LogP contribution in [0.2, 0.25) is 0 Å². The highest BCUT2D eigenvalue weighted by Gasteiger charge is 2.44. The Kier molecular flexibility index (Phi) is 3.47. The van der Waals surface area contributed by atoms with E-state index in [1.54, 1.807) is 11.8 Å². The Bertz CT molecular complexity index is 595. The third-order valence-electron chi connectivity index (χ3n) is 4.02. The first-order valence-electron chi connectivity index (χ1n) is 7.08. The van der Waals surface area contributed by atoms with Gasteiger partial charge in [0.05, 0.1) is 24.8 Å². The number of furan rings is 1. The van der Waals surface area contributed by atoms with Gasteiger partial charge in [-0.1, -0.05) is 0 Å². The molecule has 3 rings (SSSR count). The second-order valence-electron chi connectivity index (χ2n) is 5.79. The van der Waals surface area contributed by atoms with Crippen molar-refractivity contribution < 1.29 is 18.7 Å². The second kappa shape index (κ2) is 5.17. The molecule has 3 heterocycles. The average molecular weight is 290 g/mol. The Morgan fingerprint density at radius 2 is 2.38 bits per heavy atom. The summed E-state index contributed by atoms with van der Waals surface area (Å²) in [7, 11) is 0. The predicted molar refractivity (Wildman–Crippen MR) is 72.8 cm³/mol. The molecule has 6 heteroatoms. The maximum absolute atomic E-state index is 12.7. The Labute approximate surface area is 123 Å². The lowest BCUT2D eigenvalue weighted by Crippen LogP contribution is -2.57. The fraction of sp³-hybridized carbons (Fsp3) is 0.600. The van der Waals surface area contributed by atoms with E-state index in [9.17, 15) is 4.79 Å². The number of morpholine rings is 1. The van der Waals surface area contributed by atoms with E-state index in [2.05, 4.69) is 0 Å². The fourth-order valence-corrected chi connectivity index (χ4v) is 3.10. The highest BCUT2D eigenvalue weighted by Crippen LogP contribution is 2.31. The van der Waals surface area contributed by atoms with Crippen LogP contribution in [0.25, 0.3) is 0 Å². The lowest BCUT2D eigenvalue weighted by molar-refractivity contribution is -0.138. The van der Waals surface area contributed by atoms with Crippen LogP contribution in [0.3, 0.4) is 0 Å². The summed E-state index contributed by atoms with van der Waals surface area (Å²) in [5, 5.41) is 8.87. The van der Waals surface area contributed by atoms with Gasteiger partial charge in [0.2, 0.25) is 5.76 Å². The van der Waals surface area contributed by atoms with E-state index in [-0.39, 0.29) is 23.4 Å². The second-order valence-corrected chi connectivity index (χ2v) is 5.79. The number of carbonyl (C=O) groups is 1. The number of rotatable bonds is 1. The van der Waals surface area contributed by atoms with Crippen LogP contribution in [0.15, 0.2) is 10.5 Å². The summed E-state index contributed by atoms with van der Waals surface area (Å²) < 4.78 is 16.7. The van der Waals surface area contributed by atoms with Crippen LogP contribution in [-0.4, -0.2) is 48.8 Å². The maximum atomic E-state index is 12.7. The molecule has 6 nitrogen and oxygen atoms in total. The van der Waals surface area contributed by atoms with Crippen molar-refractivity contribution in [1.82, 2.24) is 4.90 Å². The molecule has 2 unspecified atom stereocenters. The summed E-state index contributed by atoms with van der Waals surface area (Å²) in [6.07, 6.45) is 0.765. The van der Waals surface area contributed by atoms with Gasteiger partial charge in [0.25, 0.3) is 5.91 Å². The van der Waals surface area contributed by atoms with Gasteiger partial charge in [-0.15, -0.1) is 0 Å². The predicted octanol–water partition coefficient (Wildman–Crippen LogP) is 1.48. The number of aryl methyl sites for hydroxylation is 1. The third kappa shape index (κ3) is 2.55. The third-order valence-corrected chi connectivity index (χ3v) is 4.02. The van der Waals surface area contributed by atoms with Gasteiger partial charge >= 0.3 is 0 Å². The molecule has 112 valence electrons. The van der Waals surface area contributed by atoms with Gasteiger partial charge in [0, 0.05) is 25.6 Å². The molecule has 1 spiro atoms. The lowest BCUT2D eigenvalue weighted by atomic mass is 9.98. The Morgan fingerprint density at radius 3 is 3.00 bits per heavy atom. The zero-order chi connectivity index (χ0) is 15.0. The fourth-order valence-electron chi connectivity index (χ4n) is 3.10. The normalized spacial score (nSPS) is 28.8. The molecule has 0 aliphatic carbocycles. The molecular formula is C15H18N2O4. The van der Waals surface area contributed by atoms with Gasteiger partial charge in [0.1, 0.15) is 17.4 Å². The van der Waals surface area contributed by atoms with Crippen molar-refractivity contribution >= 4 is 5.91 Å². The minimum atomic E-state index is -0.386. The minimum absolute atomic E-state index is 0.0351. The van der Waals surface area contributed by atoms with E-state index in [4.69, 9.17) is 19.2 Å². The molecule has 0 radical (unpaired) electrons. The first-order chi connectivity index (χ1) is 10.0. The molecule has 1 aromatic rings. The molecule has 0 saturated carbocycles. The number of carbonyl (C=O) groups excluding carboxylic acids is 1. The van der Waals surface area contributed by atoms with Crippen molar-refractivity contribution in [3.8, 4) is 6.07 Å². The van der Waals surface area contributed by atoms with Gasteiger partial charge in [-0.2, -0.15) is 5.26 Å². The van der Waals surface area contributed by atoms with E-state index >= 15 is 0 Å². The van der Waals surface area contributed by atoms with Crippen molar-refractivity contribution in [3.05, 3.63) is 23.2 Å². The molecule has 1 amide bonds. The SMILES string of the molecule is Cc1oc(C#N)cc1C(=O)N1CC(C)OC2(CCOC2)C1. The molecule has 0 N–H and O–H groups in total. The van der Waals surface area contributed by atoms with E-state index in [0.29, 0.717) is 37.6 Å². The number of hydrogen-bond donors (Lipinski definition) is 0. The monoisotopic (exact) mass is 290 g/mol. The topological polar surface area (TPSA) is 75.7 Å². The number of hydrogen-bond acceptors (Lipinski definition) is 5. The average Bonchev–Trinajstić information content (AvgIpc) is 3.04. The highest BCUT2D eigenvalue weighted by atomic mass is 16.6. The van der Waals surface area contributed by atoms with Crippen LogP contribution in [0, 0.1) is 18.3 Å². The maximum Gasteiger partial charge on any atom is 0.257 e. The molecule has 0 bridgehead atoms. The number of ether oxygens (including phenoxy) is 2. The lowest BCUT2D eigenvalue weighted by Gasteiger charge is -2.42. The zero-order valence-electron chi connectivity index (χ0n) is 12.2. The molecule has 2 atom stereocenters. The van der Waals surface area contributed by atoms with Gasteiger partial charge in [-0.3, -0.25) is 4.79 Å². The molecule has 2 fully saturated rings. The molecular weight excluding hydrogens is 272 g/mol. The summed E-state index contributed by atoms with van der Waals surface area (Å²) in [6.45, 7) is 5.90. The van der Waals surface area contributed by atoms with Crippen molar-refractivity contribution in [2.75, 3.05) is 26.3 Å². The van der Waals surface area contributed by atoms with E-state index in [1.807, 2.05) is 13.0 Å². The number of nitrogens with zero attached hydrogens (tertiary/aromatic N) is 2. The Morgan fingerprint density at radius 1 is 1.57 bits per heavy atom. The summed E-state index contributed by atoms with van der Waals surface area (Å²) in [4.78, 5) is 14.5. The molecule has 2 aliphatic rings. The van der Waals surface area contributed by atoms with Crippen LogP contribution in [-0.2, 0) is 9.47 Å². The van der Waals surface area contributed by atoms with Gasteiger partial charge in [-0.05, 0) is 13.8 Å². The summed E-state index contributed by atoms with van der Waals surface area (Å²) in [6, 6.07) is 3.43. The van der Waals surface area contributed by atoms with Crippen molar-refractivity contribution in [2.24, 2.45) is 0 Å². The van der Waals surface area contributed by atoms with Crippen LogP contribution in [0.1, 0.15) is 35.2 Å². The number of nitriles is 1. The molecule has 21 heavy (non-hydrogen) atoms. The molecule has 1 aromatic heterocycles. The molecule has 0 aromatic carbocycles. The summed E-state index contributed by atoms with van der Waals surface area (Å²) in [5.41, 5.74) is 0.0676. The Balaban J connectivity index is 1.83. The van der Waals surface area contributed by atoms with Crippen LogP contribution in [0.4, 0.5) is 0 Å². The van der Waals surface area contributed by atoms with Crippen molar-refractivity contribution in [2.45, 2.75) is 32.0 Å². The summed E-state index contributed by atoms with van der Waals surface area (Å²) >= 11 is 0. The first-order valence-corrected chi connectivity index (χ1v) is 7.08. The number of amides is 1. The van der Waals surface area contributed by atoms with Gasteiger partial charge < -0.3 is 18.8 Å². The molecule has 2 saturated heterocycles. The zero-order valence-corrected chi connectivity index (χ0v) is 12.2. The smallest absolute Gasteiger partial charge is 0.257 e.